The van der Waals surface area contributed by atoms with Crippen molar-refractivity contribution < 1.29 is 70.2 Å². The lowest BCUT2D eigenvalue weighted by atomic mass is 9.76. The van der Waals surface area contributed by atoms with Crippen LogP contribution in [0.4, 0.5) is 70.2 Å². The van der Waals surface area contributed by atoms with Gasteiger partial charge < -0.3 is 0 Å². The Kier molecular flexibility index (Phi) is 4.17. The summed E-state index contributed by atoms with van der Waals surface area (Å²) in [4.78, 5) is 0. The first-order valence-electron chi connectivity index (χ1n) is 5.27. The van der Waals surface area contributed by atoms with E-state index in [2.05, 4.69) is 0 Å². The van der Waals surface area contributed by atoms with Gasteiger partial charge in [0.2, 0.25) is 0 Å². The van der Waals surface area contributed by atoms with Crippen LogP contribution >= 0.6 is 0 Å². The standard InChI is InChI=1S/C8HF16N/c9-1(10)2(11,12)4(15,16)6(19,5(17,18)3(1,13)14)25-8(23,24)7(20,21)22/h25H. The molecule has 0 bridgehead atoms. The van der Waals surface area contributed by atoms with E-state index < -0.39 is 52.9 Å². The second-order valence-corrected chi connectivity index (χ2v) is 4.73. The molecule has 1 N–H and O–H groups in total. The summed E-state index contributed by atoms with van der Waals surface area (Å²) < 4.78 is 203. The van der Waals surface area contributed by atoms with Crippen molar-refractivity contribution in [1.29, 1.82) is 0 Å². The minimum atomic E-state index is -7.84. The lowest BCUT2D eigenvalue weighted by Gasteiger charge is -2.53. The molecular formula is C8HF16N. The monoisotopic (exact) mass is 415 g/mol. The zero-order chi connectivity index (χ0) is 20.7. The van der Waals surface area contributed by atoms with Gasteiger partial charge in [0.05, 0.1) is 0 Å². The molecule has 0 atom stereocenters. The Morgan fingerprint density at radius 2 is 0.680 bits per heavy atom. The predicted octanol–water partition coefficient (Wildman–Crippen LogP) is 4.59. The molecule has 0 spiro atoms. The van der Waals surface area contributed by atoms with Crippen molar-refractivity contribution in [3.05, 3.63) is 0 Å². The van der Waals surface area contributed by atoms with E-state index in [9.17, 15) is 70.2 Å². The van der Waals surface area contributed by atoms with Crippen LogP contribution in [0.2, 0.25) is 0 Å². The average molecular weight is 415 g/mol. The summed E-state index contributed by atoms with van der Waals surface area (Å²) in [6, 6.07) is -7.21. The topological polar surface area (TPSA) is 12.0 Å². The maximum atomic E-state index is 13.6. The Labute approximate surface area is 124 Å². The van der Waals surface area contributed by atoms with Crippen molar-refractivity contribution in [2.75, 3.05) is 0 Å². The zero-order valence-electron chi connectivity index (χ0n) is 10.5. The molecule has 0 unspecified atom stereocenters. The van der Waals surface area contributed by atoms with Crippen molar-refractivity contribution in [3.8, 4) is 0 Å². The van der Waals surface area contributed by atoms with Crippen molar-refractivity contribution >= 4 is 0 Å². The van der Waals surface area contributed by atoms with Crippen LogP contribution in [0.5, 0.6) is 0 Å². The number of hydrogen-bond donors (Lipinski definition) is 1. The summed E-state index contributed by atoms with van der Waals surface area (Å²) in [5, 5.41) is -1.68. The van der Waals surface area contributed by atoms with Crippen molar-refractivity contribution in [2.24, 2.45) is 0 Å². The molecule has 25 heavy (non-hydrogen) atoms. The zero-order valence-corrected chi connectivity index (χ0v) is 10.5. The van der Waals surface area contributed by atoms with Gasteiger partial charge in [0, 0.05) is 0 Å². The maximum absolute atomic E-state index is 13.6. The number of rotatable bonds is 2. The van der Waals surface area contributed by atoms with Gasteiger partial charge in [0.25, 0.3) is 0 Å². The van der Waals surface area contributed by atoms with Crippen LogP contribution in [-0.4, -0.2) is 47.6 Å². The molecule has 1 rings (SSSR count). The van der Waals surface area contributed by atoms with Crippen LogP contribution < -0.4 is 5.32 Å². The summed E-state index contributed by atoms with van der Waals surface area (Å²) in [5.74, 6) is -46.6. The number of nitrogens with one attached hydrogen (secondary N) is 1. The van der Waals surface area contributed by atoms with E-state index in [4.69, 9.17) is 0 Å². The minimum Gasteiger partial charge on any atom is -0.212 e. The molecule has 1 nitrogen and oxygen atoms in total. The van der Waals surface area contributed by atoms with Gasteiger partial charge in [0.1, 0.15) is 0 Å². The molecule has 0 radical (unpaired) electrons. The van der Waals surface area contributed by atoms with Gasteiger partial charge in [-0.2, -0.15) is 65.9 Å². The third kappa shape index (κ3) is 2.16. The first-order chi connectivity index (χ1) is 10.5. The highest BCUT2D eigenvalue weighted by Gasteiger charge is 3.02. The Hall–Kier alpha value is -1.16. The highest BCUT2D eigenvalue weighted by Crippen LogP contribution is 2.69. The molecule has 1 aliphatic carbocycles. The van der Waals surface area contributed by atoms with E-state index in [0.29, 0.717) is 0 Å². The lowest BCUT2D eigenvalue weighted by molar-refractivity contribution is -0.498. The second kappa shape index (κ2) is 4.76. The van der Waals surface area contributed by atoms with E-state index in [0.717, 1.165) is 0 Å². The van der Waals surface area contributed by atoms with Gasteiger partial charge in [-0.3, -0.25) is 0 Å². The quantitative estimate of drug-likeness (QED) is 0.514. The van der Waals surface area contributed by atoms with Gasteiger partial charge in [-0.1, -0.05) is 0 Å². The van der Waals surface area contributed by atoms with Crippen molar-refractivity contribution in [3.63, 3.8) is 0 Å². The molecule has 1 fully saturated rings. The SMILES string of the molecule is FC(F)(F)C(F)(F)NC1(F)C(F)(F)C(F)(F)C(F)(F)C(F)(F)C1(F)F. The summed E-state index contributed by atoms with van der Waals surface area (Å²) in [6.45, 7) is 0. The fraction of sp³-hybridized carbons (Fsp3) is 1.00. The molecule has 150 valence electrons. The average Bonchev–Trinajstić information content (AvgIpc) is 2.34. The molecule has 0 heterocycles. The predicted molar refractivity (Wildman–Crippen MR) is 42.7 cm³/mol. The fourth-order valence-corrected chi connectivity index (χ4v) is 1.67. The van der Waals surface area contributed by atoms with Gasteiger partial charge in [-0.25, -0.2) is 9.71 Å². The van der Waals surface area contributed by atoms with Crippen LogP contribution in [0.1, 0.15) is 0 Å². The Balaban J connectivity index is 3.79. The largest absolute Gasteiger partial charge is 0.469 e. The fourth-order valence-electron chi connectivity index (χ4n) is 1.67. The summed E-state index contributed by atoms with van der Waals surface area (Å²) >= 11 is 0. The highest BCUT2D eigenvalue weighted by molar-refractivity contribution is 5.26. The van der Waals surface area contributed by atoms with E-state index in [-0.39, 0.29) is 0 Å². The van der Waals surface area contributed by atoms with E-state index in [1.807, 2.05) is 0 Å². The first-order valence-corrected chi connectivity index (χ1v) is 5.27. The van der Waals surface area contributed by atoms with E-state index in [1.54, 1.807) is 0 Å². The normalized spacial score (nSPS) is 29.3. The Morgan fingerprint density at radius 3 is 0.920 bits per heavy atom. The molecule has 1 saturated carbocycles. The first kappa shape index (κ1) is 21.9. The molecule has 0 saturated heterocycles. The Bertz CT molecular complexity index is 513. The van der Waals surface area contributed by atoms with Gasteiger partial charge in [-0.15, -0.1) is 0 Å². The van der Waals surface area contributed by atoms with Crippen molar-refractivity contribution in [1.82, 2.24) is 5.32 Å². The molecule has 0 amide bonds. The van der Waals surface area contributed by atoms with Crippen LogP contribution in [-0.2, 0) is 0 Å². The molecule has 0 aromatic rings. The second-order valence-electron chi connectivity index (χ2n) is 4.73. The summed E-state index contributed by atoms with van der Waals surface area (Å²) in [6.07, 6.45) is -7.23. The van der Waals surface area contributed by atoms with Gasteiger partial charge in [-0.05, 0) is 0 Å². The lowest BCUT2D eigenvalue weighted by Crippen LogP contribution is -2.88. The molecule has 0 aromatic carbocycles. The molecule has 1 aliphatic rings. The number of alkyl halides is 16. The van der Waals surface area contributed by atoms with Crippen LogP contribution in [0.25, 0.3) is 0 Å². The van der Waals surface area contributed by atoms with Gasteiger partial charge in [0.15, 0.2) is 0 Å². The van der Waals surface area contributed by atoms with Crippen LogP contribution in [0.3, 0.4) is 0 Å². The van der Waals surface area contributed by atoms with Crippen LogP contribution in [0, 0.1) is 0 Å². The summed E-state index contributed by atoms with van der Waals surface area (Å²) in [7, 11) is 0. The summed E-state index contributed by atoms with van der Waals surface area (Å²) in [5.41, 5.74) is 0. The molecule has 0 aliphatic heterocycles. The van der Waals surface area contributed by atoms with Crippen LogP contribution in [0.15, 0.2) is 0 Å². The minimum absolute atomic E-state index is 1.68. The van der Waals surface area contributed by atoms with Crippen molar-refractivity contribution in [2.45, 2.75) is 47.6 Å². The smallest absolute Gasteiger partial charge is 0.212 e. The number of halogens is 16. The molecular weight excluding hydrogens is 414 g/mol. The molecule has 17 heteroatoms. The number of hydrogen-bond acceptors (Lipinski definition) is 1. The van der Waals surface area contributed by atoms with Gasteiger partial charge >= 0.3 is 47.6 Å². The van der Waals surface area contributed by atoms with E-state index in [1.165, 1.54) is 0 Å². The Morgan fingerprint density at radius 1 is 0.440 bits per heavy atom. The third-order valence-electron chi connectivity index (χ3n) is 3.13. The third-order valence-corrected chi connectivity index (χ3v) is 3.13. The molecule has 0 aromatic heterocycles. The maximum Gasteiger partial charge on any atom is 0.469 e. The highest BCUT2D eigenvalue weighted by atomic mass is 19.4. The van der Waals surface area contributed by atoms with E-state index >= 15 is 0 Å².